The fourth-order valence-corrected chi connectivity index (χ4v) is 1.95. The van der Waals surface area contributed by atoms with Crippen molar-refractivity contribution >= 4 is 28.5 Å². The highest BCUT2D eigenvalue weighted by Crippen LogP contribution is 2.20. The quantitative estimate of drug-likeness (QED) is 0.770. The van der Waals surface area contributed by atoms with Gasteiger partial charge in [-0.25, -0.2) is 9.78 Å². The Morgan fingerprint density at radius 1 is 1.14 bits per heavy atom. The van der Waals surface area contributed by atoms with Gasteiger partial charge in [0.15, 0.2) is 11.5 Å². The third-order valence-electron chi connectivity index (χ3n) is 2.91. The molecule has 0 aliphatic rings. The summed E-state index contributed by atoms with van der Waals surface area (Å²) in [6.45, 7) is 0. The number of para-hydroxylation sites is 1. The lowest BCUT2D eigenvalue weighted by atomic mass is 10.2. The molecule has 0 aliphatic carbocycles. The summed E-state index contributed by atoms with van der Waals surface area (Å²) >= 11 is 0. The number of carboxylic acid groups (broad SMARTS) is 1. The van der Waals surface area contributed by atoms with Crippen LogP contribution in [-0.4, -0.2) is 22.0 Å². The molecule has 2 heterocycles. The minimum Gasteiger partial charge on any atom is -0.476 e. The van der Waals surface area contributed by atoms with Gasteiger partial charge in [0.05, 0.1) is 5.69 Å². The molecule has 2 N–H and O–H groups in total. The number of carboxylic acids is 1. The zero-order valence-corrected chi connectivity index (χ0v) is 10.7. The summed E-state index contributed by atoms with van der Waals surface area (Å²) in [6.07, 6.45) is 1.35. The van der Waals surface area contributed by atoms with Gasteiger partial charge in [0, 0.05) is 11.6 Å². The van der Waals surface area contributed by atoms with Gasteiger partial charge in [-0.2, -0.15) is 0 Å². The molecule has 0 saturated carbocycles. The van der Waals surface area contributed by atoms with Crippen LogP contribution in [-0.2, 0) is 0 Å². The Morgan fingerprint density at radius 2 is 1.95 bits per heavy atom. The number of aromatic nitrogens is 1. The summed E-state index contributed by atoms with van der Waals surface area (Å²) in [5.74, 6) is -1.63. The number of amides is 1. The standard InChI is InChI=1S/C15H10N2O4/c18-14(12-8-9-4-1-2-6-11(9)21-12)17-10-5-3-7-16-13(10)15(19)20/h1-8H,(H,17,18)(H,19,20). The molecule has 1 amide bonds. The average molecular weight is 282 g/mol. The van der Waals surface area contributed by atoms with Crippen LogP contribution in [0, 0.1) is 0 Å². The van der Waals surface area contributed by atoms with E-state index < -0.39 is 11.9 Å². The largest absolute Gasteiger partial charge is 0.476 e. The monoisotopic (exact) mass is 282 g/mol. The summed E-state index contributed by atoms with van der Waals surface area (Å²) in [5, 5.41) is 12.3. The van der Waals surface area contributed by atoms with E-state index in [-0.39, 0.29) is 17.1 Å². The van der Waals surface area contributed by atoms with E-state index in [0.29, 0.717) is 5.58 Å². The Labute approximate surface area is 119 Å². The topological polar surface area (TPSA) is 92.4 Å². The number of aromatic carboxylic acids is 1. The molecule has 0 saturated heterocycles. The van der Waals surface area contributed by atoms with Gasteiger partial charge in [-0.05, 0) is 24.3 Å². The SMILES string of the molecule is O=C(Nc1cccnc1C(=O)O)c1cc2ccccc2o1. The Bertz CT molecular complexity index is 805. The Hall–Kier alpha value is -3.15. The third-order valence-corrected chi connectivity index (χ3v) is 2.91. The fourth-order valence-electron chi connectivity index (χ4n) is 1.95. The molecule has 0 fully saturated rings. The van der Waals surface area contributed by atoms with Crippen molar-refractivity contribution in [2.45, 2.75) is 0 Å². The highest BCUT2D eigenvalue weighted by Gasteiger charge is 2.17. The maximum atomic E-state index is 12.1. The molecule has 1 aromatic carbocycles. The minimum atomic E-state index is -1.21. The molecule has 0 atom stereocenters. The molecule has 0 unspecified atom stereocenters. The zero-order valence-electron chi connectivity index (χ0n) is 10.7. The van der Waals surface area contributed by atoms with Gasteiger partial charge in [-0.3, -0.25) is 4.79 Å². The Kier molecular flexibility index (Phi) is 3.12. The van der Waals surface area contributed by atoms with Crippen LogP contribution in [0.2, 0.25) is 0 Å². The van der Waals surface area contributed by atoms with E-state index in [4.69, 9.17) is 9.52 Å². The molecule has 2 aromatic heterocycles. The van der Waals surface area contributed by atoms with Gasteiger partial charge in [-0.1, -0.05) is 18.2 Å². The maximum absolute atomic E-state index is 12.1. The van der Waals surface area contributed by atoms with E-state index in [1.54, 1.807) is 24.3 Å². The number of pyridine rings is 1. The van der Waals surface area contributed by atoms with E-state index in [1.165, 1.54) is 12.3 Å². The summed E-state index contributed by atoms with van der Waals surface area (Å²) in [6, 6.07) is 11.8. The summed E-state index contributed by atoms with van der Waals surface area (Å²) < 4.78 is 5.42. The first-order valence-electron chi connectivity index (χ1n) is 6.13. The number of nitrogens with zero attached hydrogens (tertiary/aromatic N) is 1. The lowest BCUT2D eigenvalue weighted by molar-refractivity contribution is 0.0691. The van der Waals surface area contributed by atoms with Crippen LogP contribution in [0.3, 0.4) is 0 Å². The van der Waals surface area contributed by atoms with E-state index in [0.717, 1.165) is 5.39 Å². The second-order valence-electron chi connectivity index (χ2n) is 4.31. The molecule has 3 aromatic rings. The number of nitrogens with one attached hydrogen (secondary N) is 1. The molecule has 0 radical (unpaired) electrons. The number of hydrogen-bond acceptors (Lipinski definition) is 4. The number of fused-ring (bicyclic) bond motifs is 1. The molecular formula is C15H10N2O4. The number of hydrogen-bond donors (Lipinski definition) is 2. The van der Waals surface area contributed by atoms with Gasteiger partial charge >= 0.3 is 5.97 Å². The lowest BCUT2D eigenvalue weighted by Crippen LogP contribution is -2.15. The number of carbonyl (C=O) groups excluding carboxylic acids is 1. The van der Waals surface area contributed by atoms with Crippen LogP contribution in [0.25, 0.3) is 11.0 Å². The predicted molar refractivity (Wildman–Crippen MR) is 75.4 cm³/mol. The first kappa shape index (κ1) is 12.9. The normalized spacial score (nSPS) is 10.5. The van der Waals surface area contributed by atoms with Gasteiger partial charge < -0.3 is 14.8 Å². The molecule has 3 rings (SSSR count). The van der Waals surface area contributed by atoms with Crippen molar-refractivity contribution < 1.29 is 19.1 Å². The second kappa shape index (κ2) is 5.09. The number of rotatable bonds is 3. The number of furan rings is 1. The number of anilines is 1. The highest BCUT2D eigenvalue weighted by molar-refractivity contribution is 6.07. The predicted octanol–water partition coefficient (Wildman–Crippen LogP) is 2.78. The van der Waals surface area contributed by atoms with Crippen molar-refractivity contribution in [3.05, 3.63) is 60.1 Å². The van der Waals surface area contributed by atoms with E-state index in [2.05, 4.69) is 10.3 Å². The molecular weight excluding hydrogens is 272 g/mol. The summed E-state index contributed by atoms with van der Waals surface area (Å²) in [7, 11) is 0. The first-order valence-corrected chi connectivity index (χ1v) is 6.13. The van der Waals surface area contributed by atoms with Crippen molar-refractivity contribution in [3.63, 3.8) is 0 Å². The van der Waals surface area contributed by atoms with Gasteiger partial charge in [0.2, 0.25) is 0 Å². The first-order chi connectivity index (χ1) is 10.1. The minimum absolute atomic E-state index is 0.108. The van der Waals surface area contributed by atoms with Gasteiger partial charge in [0.1, 0.15) is 5.58 Å². The molecule has 6 heteroatoms. The Balaban J connectivity index is 1.91. The van der Waals surface area contributed by atoms with Crippen LogP contribution >= 0.6 is 0 Å². The zero-order chi connectivity index (χ0) is 14.8. The molecule has 0 spiro atoms. The van der Waals surface area contributed by atoms with Gasteiger partial charge in [0.25, 0.3) is 5.91 Å². The van der Waals surface area contributed by atoms with Crippen molar-refractivity contribution in [1.29, 1.82) is 0 Å². The van der Waals surface area contributed by atoms with Crippen LogP contribution < -0.4 is 5.32 Å². The van der Waals surface area contributed by atoms with Crippen LogP contribution in [0.5, 0.6) is 0 Å². The number of benzene rings is 1. The van der Waals surface area contributed by atoms with Crippen molar-refractivity contribution in [2.75, 3.05) is 5.32 Å². The van der Waals surface area contributed by atoms with Crippen molar-refractivity contribution in [3.8, 4) is 0 Å². The molecule has 0 aliphatic heterocycles. The highest BCUT2D eigenvalue weighted by atomic mass is 16.4. The van der Waals surface area contributed by atoms with Crippen LogP contribution in [0.15, 0.2) is 53.1 Å². The number of carbonyl (C=O) groups is 2. The van der Waals surface area contributed by atoms with Crippen molar-refractivity contribution in [2.24, 2.45) is 0 Å². The van der Waals surface area contributed by atoms with Crippen LogP contribution in [0.4, 0.5) is 5.69 Å². The lowest BCUT2D eigenvalue weighted by Gasteiger charge is -2.05. The smallest absolute Gasteiger partial charge is 0.356 e. The van der Waals surface area contributed by atoms with Crippen LogP contribution in [0.1, 0.15) is 21.0 Å². The summed E-state index contributed by atoms with van der Waals surface area (Å²) in [4.78, 5) is 26.9. The second-order valence-corrected chi connectivity index (χ2v) is 4.31. The molecule has 0 bridgehead atoms. The summed E-state index contributed by atoms with van der Waals surface area (Å²) in [5.41, 5.74) is 0.490. The van der Waals surface area contributed by atoms with E-state index >= 15 is 0 Å². The third kappa shape index (κ3) is 2.46. The molecule has 21 heavy (non-hydrogen) atoms. The molecule has 6 nitrogen and oxygen atoms in total. The van der Waals surface area contributed by atoms with Gasteiger partial charge in [-0.15, -0.1) is 0 Å². The fraction of sp³-hybridized carbons (Fsp3) is 0. The Morgan fingerprint density at radius 3 is 2.71 bits per heavy atom. The average Bonchev–Trinajstić information content (AvgIpc) is 2.91. The van der Waals surface area contributed by atoms with E-state index in [1.807, 2.05) is 12.1 Å². The molecule has 104 valence electrons. The van der Waals surface area contributed by atoms with E-state index in [9.17, 15) is 9.59 Å². The maximum Gasteiger partial charge on any atom is 0.356 e. The van der Waals surface area contributed by atoms with Crippen molar-refractivity contribution in [1.82, 2.24) is 4.98 Å².